The van der Waals surface area contributed by atoms with E-state index >= 15 is 0 Å². The third-order valence-corrected chi connectivity index (χ3v) is 3.28. The lowest BCUT2D eigenvalue weighted by Crippen LogP contribution is -2.08. The first kappa shape index (κ1) is 11.7. The van der Waals surface area contributed by atoms with Gasteiger partial charge in [-0.25, -0.2) is 4.79 Å². The smallest absolute Gasteiger partial charge is 0.338 e. The summed E-state index contributed by atoms with van der Waals surface area (Å²) in [6.45, 7) is 2.12. The third kappa shape index (κ3) is 2.65. The van der Waals surface area contributed by atoms with Crippen LogP contribution in [0.2, 0.25) is 0 Å². The van der Waals surface area contributed by atoms with E-state index in [2.05, 4.69) is 0 Å². The maximum absolute atomic E-state index is 11.8. The number of rotatable bonds is 3. The zero-order valence-corrected chi connectivity index (χ0v) is 10.3. The Hall–Kier alpha value is -1.81. The average molecular weight is 247 g/mol. The second-order valence-corrected chi connectivity index (χ2v) is 4.51. The van der Waals surface area contributed by atoms with Crippen LogP contribution in [0.15, 0.2) is 35.0 Å². The average Bonchev–Trinajstić information content (AvgIpc) is 2.82. The fourth-order valence-electron chi connectivity index (χ4n) is 1.48. The lowest BCUT2D eigenvalue weighted by Gasteiger charge is -2.07. The summed E-state index contributed by atoms with van der Waals surface area (Å²) in [5.41, 5.74) is 8.65. The molecule has 0 radical (unpaired) electrons. The molecular formula is C13H13NO2S. The van der Waals surface area contributed by atoms with Gasteiger partial charge in [0.25, 0.3) is 0 Å². The Labute approximate surface area is 104 Å². The van der Waals surface area contributed by atoms with Crippen molar-refractivity contribution in [3.8, 4) is 0 Å². The predicted octanol–water partition coefficient (Wildman–Crippen LogP) is 3.00. The highest BCUT2D eigenvalue weighted by atomic mass is 32.1. The molecule has 3 nitrogen and oxygen atoms in total. The van der Waals surface area contributed by atoms with Crippen LogP contribution in [0.5, 0.6) is 0 Å². The Kier molecular flexibility index (Phi) is 3.44. The summed E-state index contributed by atoms with van der Waals surface area (Å²) in [5, 5.41) is 3.91. The molecule has 0 aliphatic heterocycles. The van der Waals surface area contributed by atoms with Crippen LogP contribution in [0, 0.1) is 6.92 Å². The van der Waals surface area contributed by atoms with E-state index in [-0.39, 0.29) is 5.97 Å². The second-order valence-electron chi connectivity index (χ2n) is 3.73. The van der Waals surface area contributed by atoms with E-state index in [4.69, 9.17) is 10.5 Å². The van der Waals surface area contributed by atoms with E-state index in [1.54, 1.807) is 29.5 Å². The molecule has 0 aliphatic rings. The summed E-state index contributed by atoms with van der Waals surface area (Å²) >= 11 is 1.58. The molecule has 0 atom stereocenters. The minimum Gasteiger partial charge on any atom is -0.457 e. The lowest BCUT2D eigenvalue weighted by molar-refractivity contribution is 0.0472. The van der Waals surface area contributed by atoms with E-state index in [1.807, 2.05) is 23.8 Å². The topological polar surface area (TPSA) is 52.3 Å². The van der Waals surface area contributed by atoms with E-state index < -0.39 is 0 Å². The summed E-state index contributed by atoms with van der Waals surface area (Å²) in [4.78, 5) is 11.8. The van der Waals surface area contributed by atoms with E-state index in [0.717, 1.165) is 11.1 Å². The Bertz CT molecular complexity index is 520. The number of anilines is 1. The van der Waals surface area contributed by atoms with Gasteiger partial charge in [-0.05, 0) is 41.4 Å². The third-order valence-electron chi connectivity index (χ3n) is 2.55. The molecule has 0 unspecified atom stereocenters. The second kappa shape index (κ2) is 5.01. The molecule has 0 saturated carbocycles. The van der Waals surface area contributed by atoms with Crippen LogP contribution < -0.4 is 5.73 Å². The number of thiophene rings is 1. The largest absolute Gasteiger partial charge is 0.457 e. The van der Waals surface area contributed by atoms with Gasteiger partial charge in [-0.2, -0.15) is 11.3 Å². The molecule has 1 aromatic carbocycles. The fourth-order valence-corrected chi connectivity index (χ4v) is 2.13. The summed E-state index contributed by atoms with van der Waals surface area (Å²) in [6.07, 6.45) is 0. The minimum atomic E-state index is -0.332. The number of nitrogen functional groups attached to an aromatic ring is 1. The number of esters is 1. The SMILES string of the molecule is Cc1c(N)cccc1C(=O)OCc1ccsc1. The number of carbonyl (C=O) groups is 1. The molecule has 2 N–H and O–H groups in total. The number of ether oxygens (including phenoxy) is 1. The highest BCUT2D eigenvalue weighted by molar-refractivity contribution is 7.07. The zero-order valence-electron chi connectivity index (χ0n) is 9.47. The molecule has 4 heteroatoms. The summed E-state index contributed by atoms with van der Waals surface area (Å²) in [5.74, 6) is -0.332. The minimum absolute atomic E-state index is 0.302. The first-order chi connectivity index (χ1) is 8.18. The molecule has 17 heavy (non-hydrogen) atoms. The quantitative estimate of drug-likeness (QED) is 0.670. The van der Waals surface area contributed by atoms with Gasteiger partial charge in [0.2, 0.25) is 0 Å². The van der Waals surface area contributed by atoms with Gasteiger partial charge in [0.1, 0.15) is 6.61 Å². The van der Waals surface area contributed by atoms with Gasteiger partial charge in [0.15, 0.2) is 0 Å². The molecule has 1 aromatic heterocycles. The van der Waals surface area contributed by atoms with E-state index in [1.165, 1.54) is 0 Å². The summed E-state index contributed by atoms with van der Waals surface area (Å²) in [7, 11) is 0. The monoisotopic (exact) mass is 247 g/mol. The van der Waals surface area contributed by atoms with E-state index in [9.17, 15) is 4.79 Å². The maximum atomic E-state index is 11.8. The number of nitrogens with two attached hydrogens (primary N) is 1. The molecule has 0 aliphatic carbocycles. The van der Waals surface area contributed by atoms with Crippen molar-refractivity contribution >= 4 is 23.0 Å². The zero-order chi connectivity index (χ0) is 12.3. The number of carbonyl (C=O) groups excluding carboxylic acids is 1. The molecule has 0 fully saturated rings. The van der Waals surface area contributed by atoms with Crippen LogP contribution in [0.4, 0.5) is 5.69 Å². The van der Waals surface area contributed by atoms with Crippen LogP contribution in [-0.4, -0.2) is 5.97 Å². The van der Waals surface area contributed by atoms with Gasteiger partial charge < -0.3 is 10.5 Å². The normalized spacial score (nSPS) is 10.2. The molecular weight excluding hydrogens is 234 g/mol. The Morgan fingerprint density at radius 2 is 2.24 bits per heavy atom. The van der Waals surface area contributed by atoms with Crippen LogP contribution in [-0.2, 0) is 11.3 Å². The molecule has 1 heterocycles. The van der Waals surface area contributed by atoms with Gasteiger partial charge in [-0.15, -0.1) is 0 Å². The van der Waals surface area contributed by atoms with Crippen molar-refractivity contribution in [2.24, 2.45) is 0 Å². The van der Waals surface area contributed by atoms with Crippen molar-refractivity contribution in [1.29, 1.82) is 0 Å². The molecule has 0 amide bonds. The highest BCUT2D eigenvalue weighted by Gasteiger charge is 2.11. The van der Waals surface area contributed by atoms with Gasteiger partial charge in [0.05, 0.1) is 5.56 Å². The van der Waals surface area contributed by atoms with Crippen molar-refractivity contribution in [2.45, 2.75) is 13.5 Å². The van der Waals surface area contributed by atoms with Gasteiger partial charge in [0, 0.05) is 11.3 Å². The molecule has 0 bridgehead atoms. The van der Waals surface area contributed by atoms with E-state index in [0.29, 0.717) is 17.9 Å². The van der Waals surface area contributed by atoms with Gasteiger partial charge in [-0.3, -0.25) is 0 Å². The lowest BCUT2D eigenvalue weighted by atomic mass is 10.1. The van der Waals surface area contributed by atoms with Crippen LogP contribution in [0.1, 0.15) is 21.5 Å². The van der Waals surface area contributed by atoms with Crippen molar-refractivity contribution in [1.82, 2.24) is 0 Å². The number of hydrogen-bond acceptors (Lipinski definition) is 4. The van der Waals surface area contributed by atoms with Crippen molar-refractivity contribution in [2.75, 3.05) is 5.73 Å². The van der Waals surface area contributed by atoms with Crippen LogP contribution >= 0.6 is 11.3 Å². The Morgan fingerprint density at radius 3 is 2.94 bits per heavy atom. The molecule has 0 spiro atoms. The number of hydrogen-bond donors (Lipinski definition) is 1. The van der Waals surface area contributed by atoms with Crippen molar-refractivity contribution < 1.29 is 9.53 Å². The summed E-state index contributed by atoms with van der Waals surface area (Å²) < 4.78 is 5.22. The Morgan fingerprint density at radius 1 is 1.41 bits per heavy atom. The molecule has 2 rings (SSSR count). The molecule has 0 saturated heterocycles. The van der Waals surface area contributed by atoms with Crippen LogP contribution in [0.3, 0.4) is 0 Å². The predicted molar refractivity (Wildman–Crippen MR) is 69.0 cm³/mol. The highest BCUT2D eigenvalue weighted by Crippen LogP contribution is 2.17. The standard InChI is InChI=1S/C13H13NO2S/c1-9-11(3-2-4-12(9)14)13(15)16-7-10-5-6-17-8-10/h2-6,8H,7,14H2,1H3. The maximum Gasteiger partial charge on any atom is 0.338 e. The Balaban J connectivity index is 2.07. The molecule has 2 aromatic rings. The van der Waals surface area contributed by atoms with Crippen molar-refractivity contribution in [3.05, 3.63) is 51.7 Å². The molecule has 88 valence electrons. The number of benzene rings is 1. The first-order valence-corrected chi connectivity index (χ1v) is 6.16. The first-order valence-electron chi connectivity index (χ1n) is 5.22. The van der Waals surface area contributed by atoms with Gasteiger partial charge in [-0.1, -0.05) is 6.07 Å². The van der Waals surface area contributed by atoms with Crippen LogP contribution in [0.25, 0.3) is 0 Å². The fraction of sp³-hybridized carbons (Fsp3) is 0.154. The summed E-state index contributed by atoms with van der Waals surface area (Å²) in [6, 6.07) is 7.18. The van der Waals surface area contributed by atoms with Crippen molar-refractivity contribution in [3.63, 3.8) is 0 Å². The van der Waals surface area contributed by atoms with Gasteiger partial charge >= 0.3 is 5.97 Å².